The van der Waals surface area contributed by atoms with Crippen LogP contribution in [0.3, 0.4) is 0 Å². The first-order valence-electron chi connectivity index (χ1n) is 9.47. The van der Waals surface area contributed by atoms with E-state index in [1.54, 1.807) is 0 Å². The maximum Gasteiger partial charge on any atom is 0.140 e. The van der Waals surface area contributed by atoms with E-state index < -0.39 is 12.3 Å². The average Bonchev–Trinajstić information content (AvgIpc) is 3.18. The molecule has 0 spiro atoms. The second-order valence-corrected chi connectivity index (χ2v) is 7.68. The van der Waals surface area contributed by atoms with Crippen molar-refractivity contribution < 1.29 is 9.13 Å². The number of rotatable bonds is 5. The van der Waals surface area contributed by atoms with Crippen LogP contribution in [-0.4, -0.2) is 40.2 Å². The standard InChI is InChI=1S/C22H26FN3O/c1-14-4-6-17(7-5-14)10-26-11-18(23)21(12-26)27-13-22-24-19-8-15(2)16(3)9-20(19)25-22/h4-9,18,21H,10-13H2,1-3H3,(H,24,25). The van der Waals surface area contributed by atoms with Gasteiger partial charge in [0, 0.05) is 19.6 Å². The fourth-order valence-corrected chi connectivity index (χ4v) is 3.62. The molecule has 2 unspecified atom stereocenters. The van der Waals surface area contributed by atoms with Gasteiger partial charge in [0.2, 0.25) is 0 Å². The first kappa shape index (κ1) is 18.1. The van der Waals surface area contributed by atoms with Gasteiger partial charge in [-0.05, 0) is 49.6 Å². The van der Waals surface area contributed by atoms with Crippen LogP contribution >= 0.6 is 0 Å². The summed E-state index contributed by atoms with van der Waals surface area (Å²) < 4.78 is 20.3. The maximum atomic E-state index is 14.4. The van der Waals surface area contributed by atoms with Crippen molar-refractivity contribution >= 4 is 11.0 Å². The molecule has 3 aromatic rings. The number of fused-ring (bicyclic) bond motifs is 1. The molecule has 0 aliphatic carbocycles. The van der Waals surface area contributed by atoms with Gasteiger partial charge >= 0.3 is 0 Å². The number of hydrogen-bond acceptors (Lipinski definition) is 3. The van der Waals surface area contributed by atoms with Gasteiger partial charge in [-0.25, -0.2) is 9.37 Å². The van der Waals surface area contributed by atoms with E-state index in [1.807, 2.05) is 0 Å². The Morgan fingerprint density at radius 2 is 1.85 bits per heavy atom. The van der Waals surface area contributed by atoms with Crippen LogP contribution in [0.2, 0.25) is 0 Å². The highest BCUT2D eigenvalue weighted by Crippen LogP contribution is 2.22. The third-order valence-electron chi connectivity index (χ3n) is 5.38. The summed E-state index contributed by atoms with van der Waals surface area (Å²) in [7, 11) is 0. The molecule has 4 nitrogen and oxygen atoms in total. The summed E-state index contributed by atoms with van der Waals surface area (Å²) in [5.74, 6) is 0.749. The highest BCUT2D eigenvalue weighted by molar-refractivity contribution is 5.77. The molecular formula is C22H26FN3O. The van der Waals surface area contributed by atoms with Gasteiger partial charge in [-0.15, -0.1) is 0 Å². The van der Waals surface area contributed by atoms with Crippen molar-refractivity contribution in [3.63, 3.8) is 0 Å². The Morgan fingerprint density at radius 1 is 1.11 bits per heavy atom. The van der Waals surface area contributed by atoms with Crippen LogP contribution < -0.4 is 0 Å². The normalized spacial score (nSPS) is 20.6. The topological polar surface area (TPSA) is 41.1 Å². The van der Waals surface area contributed by atoms with Crippen LogP contribution in [0, 0.1) is 20.8 Å². The number of imidazole rings is 1. The van der Waals surface area contributed by atoms with Crippen LogP contribution in [0.5, 0.6) is 0 Å². The van der Waals surface area contributed by atoms with Gasteiger partial charge in [-0.3, -0.25) is 4.90 Å². The summed E-state index contributed by atoms with van der Waals surface area (Å²) in [5.41, 5.74) is 6.82. The monoisotopic (exact) mass is 367 g/mol. The lowest BCUT2D eigenvalue weighted by Crippen LogP contribution is -2.24. The van der Waals surface area contributed by atoms with Crippen LogP contribution in [-0.2, 0) is 17.9 Å². The Kier molecular flexibility index (Phi) is 4.98. The number of nitrogens with zero attached hydrogens (tertiary/aromatic N) is 2. The van der Waals surface area contributed by atoms with Gasteiger partial charge in [0.1, 0.15) is 24.7 Å². The number of aromatic amines is 1. The van der Waals surface area contributed by atoms with Gasteiger partial charge in [-0.1, -0.05) is 29.8 Å². The van der Waals surface area contributed by atoms with Gasteiger partial charge in [0.05, 0.1) is 11.0 Å². The lowest BCUT2D eigenvalue weighted by molar-refractivity contribution is 0.00864. The Balaban J connectivity index is 1.36. The predicted octanol–water partition coefficient (Wildman–Crippen LogP) is 4.23. The molecule has 2 heterocycles. The van der Waals surface area contributed by atoms with E-state index in [0.29, 0.717) is 19.7 Å². The zero-order chi connectivity index (χ0) is 19.0. The molecule has 1 aliphatic heterocycles. The van der Waals surface area contributed by atoms with Crippen molar-refractivity contribution in [1.82, 2.24) is 14.9 Å². The van der Waals surface area contributed by atoms with E-state index in [0.717, 1.165) is 23.4 Å². The summed E-state index contributed by atoms with van der Waals surface area (Å²) in [6.45, 7) is 8.31. The van der Waals surface area contributed by atoms with Gasteiger partial charge in [0.15, 0.2) is 0 Å². The third kappa shape index (κ3) is 4.04. The lowest BCUT2D eigenvalue weighted by atomic mass is 10.1. The fraction of sp³-hybridized carbons (Fsp3) is 0.409. The predicted molar refractivity (Wildman–Crippen MR) is 105 cm³/mol. The van der Waals surface area contributed by atoms with Crippen molar-refractivity contribution in [1.29, 1.82) is 0 Å². The van der Waals surface area contributed by atoms with Crippen molar-refractivity contribution in [2.45, 2.75) is 46.2 Å². The minimum absolute atomic E-state index is 0.302. The molecule has 1 aromatic heterocycles. The van der Waals surface area contributed by atoms with Crippen molar-refractivity contribution in [2.75, 3.05) is 13.1 Å². The molecule has 142 valence electrons. The second kappa shape index (κ2) is 7.41. The number of nitrogens with one attached hydrogen (secondary N) is 1. The summed E-state index contributed by atoms with van der Waals surface area (Å²) in [6.07, 6.45) is -1.38. The van der Waals surface area contributed by atoms with Gasteiger partial charge in [0.25, 0.3) is 0 Å². The molecule has 1 aliphatic rings. The van der Waals surface area contributed by atoms with Crippen LogP contribution in [0.4, 0.5) is 4.39 Å². The molecule has 27 heavy (non-hydrogen) atoms. The first-order chi connectivity index (χ1) is 13.0. The van der Waals surface area contributed by atoms with Crippen LogP contribution in [0.25, 0.3) is 11.0 Å². The van der Waals surface area contributed by atoms with E-state index in [4.69, 9.17) is 4.74 Å². The smallest absolute Gasteiger partial charge is 0.140 e. The molecule has 1 fully saturated rings. The summed E-state index contributed by atoms with van der Waals surface area (Å²) in [6, 6.07) is 12.6. The number of aromatic nitrogens is 2. The van der Waals surface area contributed by atoms with E-state index in [1.165, 1.54) is 22.3 Å². The highest BCUT2D eigenvalue weighted by Gasteiger charge is 2.33. The Morgan fingerprint density at radius 3 is 2.63 bits per heavy atom. The number of hydrogen-bond donors (Lipinski definition) is 1. The van der Waals surface area contributed by atoms with Crippen LogP contribution in [0.15, 0.2) is 36.4 Å². The Labute approximate surface area is 159 Å². The Bertz CT molecular complexity index is 896. The SMILES string of the molecule is Cc1ccc(CN2CC(F)C(OCc3nc4cc(C)c(C)cc4[nH]3)C2)cc1. The minimum Gasteiger partial charge on any atom is -0.366 e. The fourth-order valence-electron chi connectivity index (χ4n) is 3.62. The number of aryl methyl sites for hydroxylation is 3. The molecule has 0 bridgehead atoms. The van der Waals surface area contributed by atoms with E-state index in [9.17, 15) is 4.39 Å². The molecular weight excluding hydrogens is 341 g/mol. The highest BCUT2D eigenvalue weighted by atomic mass is 19.1. The minimum atomic E-state index is -0.968. The lowest BCUT2D eigenvalue weighted by Gasteiger charge is -2.15. The first-order valence-corrected chi connectivity index (χ1v) is 9.47. The number of likely N-dealkylation sites (tertiary alicyclic amines) is 1. The molecule has 0 radical (unpaired) electrons. The third-order valence-corrected chi connectivity index (χ3v) is 5.38. The number of ether oxygens (including phenoxy) is 1. The number of H-pyrrole nitrogens is 1. The number of halogens is 1. The summed E-state index contributed by atoms with van der Waals surface area (Å²) in [5, 5.41) is 0. The molecule has 1 saturated heterocycles. The zero-order valence-electron chi connectivity index (χ0n) is 16.1. The van der Waals surface area contributed by atoms with E-state index in [2.05, 4.69) is 72.0 Å². The molecule has 2 aromatic carbocycles. The van der Waals surface area contributed by atoms with Crippen LogP contribution in [0.1, 0.15) is 28.1 Å². The summed E-state index contributed by atoms with van der Waals surface area (Å²) >= 11 is 0. The molecule has 1 N–H and O–H groups in total. The molecule has 0 saturated carbocycles. The molecule has 5 heteroatoms. The number of alkyl halides is 1. The van der Waals surface area contributed by atoms with E-state index in [-0.39, 0.29) is 0 Å². The second-order valence-electron chi connectivity index (χ2n) is 7.68. The Hall–Kier alpha value is -2.24. The molecule has 4 rings (SSSR count). The molecule has 2 atom stereocenters. The quantitative estimate of drug-likeness (QED) is 0.734. The van der Waals surface area contributed by atoms with Crippen molar-refractivity contribution in [3.8, 4) is 0 Å². The largest absolute Gasteiger partial charge is 0.366 e. The maximum absolute atomic E-state index is 14.4. The zero-order valence-corrected chi connectivity index (χ0v) is 16.1. The van der Waals surface area contributed by atoms with Gasteiger partial charge < -0.3 is 9.72 Å². The average molecular weight is 367 g/mol. The van der Waals surface area contributed by atoms with Crippen molar-refractivity contribution in [2.24, 2.45) is 0 Å². The number of benzene rings is 2. The van der Waals surface area contributed by atoms with E-state index >= 15 is 0 Å². The molecule has 0 amide bonds. The summed E-state index contributed by atoms with van der Waals surface area (Å²) in [4.78, 5) is 9.98. The van der Waals surface area contributed by atoms with Crippen molar-refractivity contribution in [3.05, 3.63) is 64.5 Å². The van der Waals surface area contributed by atoms with Gasteiger partial charge in [-0.2, -0.15) is 0 Å².